The summed E-state index contributed by atoms with van der Waals surface area (Å²) in [4.78, 5) is 9.18. The van der Waals surface area contributed by atoms with Crippen LogP contribution in [0.2, 0.25) is 0 Å². The summed E-state index contributed by atoms with van der Waals surface area (Å²) in [7, 11) is 0. The third-order valence-electron chi connectivity index (χ3n) is 1.33. The van der Waals surface area contributed by atoms with Crippen LogP contribution in [0, 0.1) is 0 Å². The smallest absolute Gasteiger partial charge is 0.293 e. The summed E-state index contributed by atoms with van der Waals surface area (Å²) >= 11 is 0. The van der Waals surface area contributed by atoms with E-state index in [1.165, 1.54) is 0 Å². The van der Waals surface area contributed by atoms with Gasteiger partial charge in [-0.15, -0.1) is 0 Å². The van der Waals surface area contributed by atoms with Crippen LogP contribution in [0.4, 0.5) is 0 Å². The molecule has 0 radical (unpaired) electrons. The first-order valence-electron chi connectivity index (χ1n) is 3.82. The van der Waals surface area contributed by atoms with Gasteiger partial charge in [-0.3, -0.25) is 4.79 Å². The number of ether oxygens (including phenoxy) is 1. The molecule has 1 saturated heterocycles. The molecule has 0 unspecified atom stereocenters. The van der Waals surface area contributed by atoms with Crippen molar-refractivity contribution in [2.45, 2.75) is 19.4 Å². The van der Waals surface area contributed by atoms with Gasteiger partial charge in [0.05, 0.1) is 6.61 Å². The molecule has 0 aliphatic carbocycles. The van der Waals surface area contributed by atoms with Crippen LogP contribution >= 0.6 is 0 Å². The predicted molar refractivity (Wildman–Crippen MR) is 43.2 cm³/mol. The molecule has 1 aliphatic rings. The first-order chi connectivity index (χ1) is 5.31. The molecule has 0 aromatic rings. The third kappa shape index (κ3) is 7.29. The highest BCUT2D eigenvalue weighted by Gasteiger charge is 2.06. The van der Waals surface area contributed by atoms with Crippen LogP contribution in [0.25, 0.3) is 0 Å². The maximum Gasteiger partial charge on any atom is 0.293 e. The number of carbonyl (C=O) groups is 1. The Bertz CT molecular complexity index is 92.4. The molecule has 11 heavy (non-hydrogen) atoms. The lowest BCUT2D eigenvalue weighted by Crippen LogP contribution is -2.21. The topological polar surface area (TPSA) is 64.3 Å². The lowest BCUT2D eigenvalue weighted by molar-refractivity contribution is -0.128. The maximum absolute atomic E-state index is 9.18. The van der Waals surface area contributed by atoms with Gasteiger partial charge < -0.3 is 15.8 Å². The summed E-state index contributed by atoms with van der Waals surface area (Å²) in [5.74, 6) is 0. The number of nitrogens with one attached hydrogen (secondary N) is 1. The van der Waals surface area contributed by atoms with Gasteiger partial charge in [0.25, 0.3) is 6.47 Å². The monoisotopic (exact) mass is 160 g/mol. The molecule has 66 valence electrons. The molecule has 0 amide bonds. The lowest BCUT2D eigenvalue weighted by atomic mass is 10.3. The van der Waals surface area contributed by atoms with E-state index in [-0.39, 0.29) is 0 Å². The van der Waals surface area contributed by atoms with Crippen LogP contribution in [-0.4, -0.2) is 32.2 Å². The van der Waals surface area contributed by atoms with Crippen molar-refractivity contribution in [2.24, 2.45) is 5.73 Å². The summed E-state index contributed by atoms with van der Waals surface area (Å²) in [6.07, 6.45) is 1.15. The highest BCUT2D eigenvalue weighted by atomic mass is 16.5. The number of rotatable bonds is 2. The van der Waals surface area contributed by atoms with E-state index in [0.29, 0.717) is 19.1 Å². The van der Waals surface area contributed by atoms with Crippen molar-refractivity contribution in [1.82, 2.24) is 5.32 Å². The minimum Gasteiger partial charge on any atom is -0.468 e. The number of hydrogen-bond acceptors (Lipinski definition) is 4. The second-order valence-corrected chi connectivity index (χ2v) is 2.30. The Morgan fingerprint density at radius 3 is 2.64 bits per heavy atom. The highest BCUT2D eigenvalue weighted by Crippen LogP contribution is 1.90. The summed E-state index contributed by atoms with van der Waals surface area (Å²) in [6, 6.07) is 0.435. The SMILES string of the molecule is CCOC=O.N[C@H]1CCNC1. The van der Waals surface area contributed by atoms with E-state index in [4.69, 9.17) is 5.73 Å². The highest BCUT2D eigenvalue weighted by molar-refractivity contribution is 5.36. The zero-order chi connectivity index (χ0) is 8.53. The van der Waals surface area contributed by atoms with Crippen molar-refractivity contribution in [1.29, 1.82) is 0 Å². The van der Waals surface area contributed by atoms with Gasteiger partial charge in [-0.2, -0.15) is 0 Å². The first-order valence-corrected chi connectivity index (χ1v) is 3.82. The second kappa shape index (κ2) is 7.50. The van der Waals surface area contributed by atoms with E-state index in [2.05, 4.69) is 10.1 Å². The maximum atomic E-state index is 9.18. The van der Waals surface area contributed by atoms with Crippen molar-refractivity contribution in [3.63, 3.8) is 0 Å². The van der Waals surface area contributed by atoms with Gasteiger partial charge in [0.15, 0.2) is 0 Å². The van der Waals surface area contributed by atoms with Gasteiger partial charge >= 0.3 is 0 Å². The van der Waals surface area contributed by atoms with E-state index in [0.717, 1.165) is 19.5 Å². The van der Waals surface area contributed by atoms with Crippen molar-refractivity contribution < 1.29 is 9.53 Å². The lowest BCUT2D eigenvalue weighted by Gasteiger charge is -1.91. The molecule has 3 N–H and O–H groups in total. The van der Waals surface area contributed by atoms with Gasteiger partial charge in [0, 0.05) is 12.6 Å². The molecular formula is C7H16N2O2. The normalized spacial score (nSPS) is 21.8. The molecule has 1 atom stereocenters. The zero-order valence-corrected chi connectivity index (χ0v) is 6.88. The predicted octanol–water partition coefficient (Wildman–Crippen LogP) is -0.514. The second-order valence-electron chi connectivity index (χ2n) is 2.30. The van der Waals surface area contributed by atoms with Crippen LogP contribution < -0.4 is 11.1 Å². The zero-order valence-electron chi connectivity index (χ0n) is 6.88. The van der Waals surface area contributed by atoms with Crippen LogP contribution in [0.1, 0.15) is 13.3 Å². The van der Waals surface area contributed by atoms with E-state index < -0.39 is 0 Å². The molecule has 1 heterocycles. The standard InChI is InChI=1S/C4H10N2.C3H6O2/c5-4-1-2-6-3-4;1-2-5-3-4/h4,6H,1-3,5H2;3H,2H2,1H3/t4-;/m0./s1. The summed E-state index contributed by atoms with van der Waals surface area (Å²) in [5, 5.41) is 3.15. The first kappa shape index (κ1) is 10.4. The fourth-order valence-corrected chi connectivity index (χ4v) is 0.745. The van der Waals surface area contributed by atoms with Crippen molar-refractivity contribution in [3.8, 4) is 0 Å². The molecule has 4 heteroatoms. The van der Waals surface area contributed by atoms with Crippen molar-refractivity contribution in [3.05, 3.63) is 0 Å². The largest absolute Gasteiger partial charge is 0.468 e. The Kier molecular flexibility index (Phi) is 7.08. The molecule has 0 bridgehead atoms. The molecule has 0 aromatic carbocycles. The number of carbonyl (C=O) groups excluding carboxylic acids is 1. The Morgan fingerprint density at radius 1 is 1.82 bits per heavy atom. The molecule has 0 saturated carbocycles. The average molecular weight is 160 g/mol. The number of hydrogen-bond donors (Lipinski definition) is 2. The van der Waals surface area contributed by atoms with E-state index in [9.17, 15) is 4.79 Å². The van der Waals surface area contributed by atoms with Crippen molar-refractivity contribution >= 4 is 6.47 Å². The third-order valence-corrected chi connectivity index (χ3v) is 1.33. The van der Waals surface area contributed by atoms with Gasteiger partial charge in [0.1, 0.15) is 0 Å². The van der Waals surface area contributed by atoms with Gasteiger partial charge in [0.2, 0.25) is 0 Å². The number of nitrogens with two attached hydrogens (primary N) is 1. The fraction of sp³-hybridized carbons (Fsp3) is 0.857. The van der Waals surface area contributed by atoms with Gasteiger partial charge in [-0.25, -0.2) is 0 Å². The molecule has 0 aromatic heterocycles. The molecular weight excluding hydrogens is 144 g/mol. The van der Waals surface area contributed by atoms with Gasteiger partial charge in [-0.1, -0.05) is 0 Å². The summed E-state index contributed by atoms with van der Waals surface area (Å²) in [6.45, 7) is 4.79. The Morgan fingerprint density at radius 2 is 2.55 bits per heavy atom. The molecule has 0 spiro atoms. The Hall–Kier alpha value is -0.610. The van der Waals surface area contributed by atoms with Crippen LogP contribution in [0.5, 0.6) is 0 Å². The van der Waals surface area contributed by atoms with E-state index >= 15 is 0 Å². The minimum absolute atomic E-state index is 0.431. The molecule has 1 rings (SSSR count). The molecule has 4 nitrogen and oxygen atoms in total. The minimum atomic E-state index is 0.431. The quantitative estimate of drug-likeness (QED) is 0.534. The Labute approximate surface area is 67.1 Å². The fourth-order valence-electron chi connectivity index (χ4n) is 0.745. The summed E-state index contributed by atoms with van der Waals surface area (Å²) in [5.41, 5.74) is 5.47. The van der Waals surface area contributed by atoms with Crippen LogP contribution in [0.3, 0.4) is 0 Å². The molecule has 1 fully saturated rings. The van der Waals surface area contributed by atoms with Gasteiger partial charge in [-0.05, 0) is 19.9 Å². The van der Waals surface area contributed by atoms with E-state index in [1.807, 2.05) is 0 Å². The average Bonchev–Trinajstić information content (AvgIpc) is 2.43. The summed E-state index contributed by atoms with van der Waals surface area (Å²) < 4.78 is 4.15. The molecule has 1 aliphatic heterocycles. The van der Waals surface area contributed by atoms with Crippen LogP contribution in [0.15, 0.2) is 0 Å². The van der Waals surface area contributed by atoms with Crippen molar-refractivity contribution in [2.75, 3.05) is 19.7 Å². The van der Waals surface area contributed by atoms with Crippen LogP contribution in [-0.2, 0) is 9.53 Å². The Balaban J connectivity index is 0.000000187. The van der Waals surface area contributed by atoms with E-state index in [1.54, 1.807) is 6.92 Å².